The Kier molecular flexibility index (Phi) is 4.35. The first kappa shape index (κ1) is 13.1. The Bertz CT molecular complexity index is 469. The van der Waals surface area contributed by atoms with Gasteiger partial charge >= 0.3 is 0 Å². The van der Waals surface area contributed by atoms with Gasteiger partial charge in [0, 0.05) is 12.6 Å². The highest BCUT2D eigenvalue weighted by molar-refractivity contribution is 5.38. The number of halogens is 1. The fourth-order valence-corrected chi connectivity index (χ4v) is 2.16. The summed E-state index contributed by atoms with van der Waals surface area (Å²) in [5.41, 5.74) is 6.85. The van der Waals surface area contributed by atoms with Crippen molar-refractivity contribution in [1.29, 1.82) is 0 Å². The zero-order chi connectivity index (χ0) is 13.0. The van der Waals surface area contributed by atoms with Crippen molar-refractivity contribution in [2.45, 2.75) is 31.8 Å². The van der Waals surface area contributed by atoms with E-state index in [0.717, 1.165) is 12.1 Å². The second-order valence-corrected chi connectivity index (χ2v) is 4.82. The molecule has 0 spiro atoms. The Balaban J connectivity index is 2.08. The van der Waals surface area contributed by atoms with Gasteiger partial charge in [0.2, 0.25) is 0 Å². The van der Waals surface area contributed by atoms with Crippen molar-refractivity contribution in [2.75, 3.05) is 13.6 Å². The fraction of sp³-hybridized carbons (Fsp3) is 0.467. The van der Waals surface area contributed by atoms with Gasteiger partial charge in [0.15, 0.2) is 0 Å². The lowest BCUT2D eigenvalue weighted by molar-refractivity contribution is 0.152. The van der Waals surface area contributed by atoms with Gasteiger partial charge in [0.1, 0.15) is 5.82 Å². The first-order valence-electron chi connectivity index (χ1n) is 6.38. The van der Waals surface area contributed by atoms with Gasteiger partial charge in [-0.2, -0.15) is 0 Å². The second kappa shape index (κ2) is 5.99. The van der Waals surface area contributed by atoms with Crippen LogP contribution in [-0.2, 0) is 6.54 Å². The minimum atomic E-state index is -0.272. The quantitative estimate of drug-likeness (QED) is 0.828. The van der Waals surface area contributed by atoms with E-state index in [1.807, 2.05) is 12.1 Å². The largest absolute Gasteiger partial charge is 0.320 e. The summed E-state index contributed by atoms with van der Waals surface area (Å²) in [6, 6.07) is 5.84. The van der Waals surface area contributed by atoms with E-state index >= 15 is 0 Å². The molecule has 1 aliphatic carbocycles. The Morgan fingerprint density at radius 2 is 2.22 bits per heavy atom. The van der Waals surface area contributed by atoms with Crippen LogP contribution in [0.3, 0.4) is 0 Å². The van der Waals surface area contributed by atoms with E-state index in [2.05, 4.69) is 23.8 Å². The fourth-order valence-electron chi connectivity index (χ4n) is 2.16. The van der Waals surface area contributed by atoms with Crippen LogP contribution in [0.2, 0.25) is 0 Å². The van der Waals surface area contributed by atoms with Crippen LogP contribution < -0.4 is 5.73 Å². The van der Waals surface area contributed by atoms with Crippen LogP contribution in [0, 0.1) is 17.7 Å². The third-order valence-corrected chi connectivity index (χ3v) is 3.49. The summed E-state index contributed by atoms with van der Waals surface area (Å²) in [7, 11) is 2.12. The van der Waals surface area contributed by atoms with Crippen molar-refractivity contribution < 1.29 is 4.39 Å². The third-order valence-electron chi connectivity index (χ3n) is 3.49. The summed E-state index contributed by atoms with van der Waals surface area (Å²) in [5, 5.41) is 0. The molecule has 0 aliphatic heterocycles. The highest BCUT2D eigenvalue weighted by atomic mass is 19.1. The van der Waals surface area contributed by atoms with Gasteiger partial charge in [-0.25, -0.2) is 4.39 Å². The van der Waals surface area contributed by atoms with Crippen molar-refractivity contribution in [3.8, 4) is 11.8 Å². The van der Waals surface area contributed by atoms with Crippen molar-refractivity contribution in [2.24, 2.45) is 5.73 Å². The lowest BCUT2D eigenvalue weighted by Gasteiger charge is -2.34. The van der Waals surface area contributed by atoms with Crippen LogP contribution in [0.25, 0.3) is 0 Å². The van der Waals surface area contributed by atoms with Crippen LogP contribution in [0.4, 0.5) is 4.39 Å². The van der Waals surface area contributed by atoms with E-state index in [1.165, 1.54) is 25.3 Å². The van der Waals surface area contributed by atoms with Gasteiger partial charge in [0.05, 0.1) is 12.1 Å². The van der Waals surface area contributed by atoms with Crippen molar-refractivity contribution in [3.63, 3.8) is 0 Å². The molecule has 2 rings (SSSR count). The van der Waals surface area contributed by atoms with E-state index < -0.39 is 0 Å². The first-order valence-corrected chi connectivity index (χ1v) is 6.38. The van der Waals surface area contributed by atoms with Crippen molar-refractivity contribution in [3.05, 3.63) is 35.1 Å². The molecular weight excluding hydrogens is 227 g/mol. The lowest BCUT2D eigenvalue weighted by Crippen LogP contribution is -2.36. The molecule has 1 saturated carbocycles. The van der Waals surface area contributed by atoms with Gasteiger partial charge in [-0.15, -0.1) is 0 Å². The molecule has 0 bridgehead atoms. The standard InChI is InChI=1S/C15H19FN2/c1-18(14-5-2-6-14)11-12-7-8-15(16)13(10-12)4-3-9-17/h7-8,10,14H,2,5-6,9,11,17H2,1H3. The SMILES string of the molecule is CN(Cc1ccc(F)c(C#CCN)c1)C1CCC1. The highest BCUT2D eigenvalue weighted by Gasteiger charge is 2.21. The van der Waals surface area contributed by atoms with E-state index in [4.69, 9.17) is 5.73 Å². The molecule has 0 atom stereocenters. The van der Waals surface area contributed by atoms with E-state index in [9.17, 15) is 4.39 Å². The summed E-state index contributed by atoms with van der Waals surface area (Å²) in [5.74, 6) is 5.20. The van der Waals surface area contributed by atoms with Crippen LogP contribution in [0.5, 0.6) is 0 Å². The van der Waals surface area contributed by atoms with Crippen LogP contribution >= 0.6 is 0 Å². The van der Waals surface area contributed by atoms with Gasteiger partial charge in [0.25, 0.3) is 0 Å². The normalized spacial score (nSPS) is 15.1. The summed E-state index contributed by atoms with van der Waals surface area (Å²) in [4.78, 5) is 2.33. The highest BCUT2D eigenvalue weighted by Crippen LogP contribution is 2.25. The molecule has 0 saturated heterocycles. The zero-order valence-electron chi connectivity index (χ0n) is 10.7. The molecule has 0 radical (unpaired) electrons. The lowest BCUT2D eigenvalue weighted by atomic mass is 9.91. The van der Waals surface area contributed by atoms with E-state index in [-0.39, 0.29) is 12.4 Å². The smallest absolute Gasteiger partial charge is 0.138 e. The van der Waals surface area contributed by atoms with Crippen LogP contribution in [-0.4, -0.2) is 24.5 Å². The molecule has 18 heavy (non-hydrogen) atoms. The molecule has 1 aromatic carbocycles. The summed E-state index contributed by atoms with van der Waals surface area (Å²) in [6.45, 7) is 1.11. The molecule has 96 valence electrons. The Morgan fingerprint density at radius 1 is 1.44 bits per heavy atom. The number of hydrogen-bond donors (Lipinski definition) is 1. The zero-order valence-corrected chi connectivity index (χ0v) is 10.7. The van der Waals surface area contributed by atoms with E-state index in [0.29, 0.717) is 11.6 Å². The maximum absolute atomic E-state index is 13.5. The topological polar surface area (TPSA) is 29.3 Å². The van der Waals surface area contributed by atoms with Crippen LogP contribution in [0.15, 0.2) is 18.2 Å². The molecule has 1 aromatic rings. The molecular formula is C15H19FN2. The van der Waals surface area contributed by atoms with Gasteiger partial charge < -0.3 is 5.73 Å². The molecule has 1 aliphatic rings. The average molecular weight is 246 g/mol. The maximum atomic E-state index is 13.5. The molecule has 1 fully saturated rings. The number of nitrogens with zero attached hydrogens (tertiary/aromatic N) is 1. The second-order valence-electron chi connectivity index (χ2n) is 4.82. The Morgan fingerprint density at radius 3 is 2.83 bits per heavy atom. The summed E-state index contributed by atoms with van der Waals surface area (Å²) in [6.07, 6.45) is 3.88. The van der Waals surface area contributed by atoms with Gasteiger partial charge in [-0.3, -0.25) is 4.90 Å². The van der Waals surface area contributed by atoms with Gasteiger partial charge in [-0.05, 0) is 37.6 Å². The average Bonchev–Trinajstić information content (AvgIpc) is 2.27. The molecule has 3 heteroatoms. The number of nitrogens with two attached hydrogens (primary N) is 1. The Hall–Kier alpha value is -1.37. The monoisotopic (exact) mass is 246 g/mol. The number of hydrogen-bond acceptors (Lipinski definition) is 2. The number of rotatable bonds is 3. The van der Waals surface area contributed by atoms with Crippen molar-refractivity contribution in [1.82, 2.24) is 4.90 Å². The predicted octanol–water partition coefficient (Wildman–Crippen LogP) is 2.12. The molecule has 2 N–H and O–H groups in total. The third kappa shape index (κ3) is 3.10. The molecule has 0 amide bonds. The molecule has 2 nitrogen and oxygen atoms in total. The minimum Gasteiger partial charge on any atom is -0.320 e. The first-order chi connectivity index (χ1) is 8.70. The number of benzene rings is 1. The molecule has 0 unspecified atom stereocenters. The Labute approximate surface area is 108 Å². The van der Waals surface area contributed by atoms with Crippen LogP contribution in [0.1, 0.15) is 30.4 Å². The summed E-state index contributed by atoms with van der Waals surface area (Å²) < 4.78 is 13.5. The summed E-state index contributed by atoms with van der Waals surface area (Å²) >= 11 is 0. The van der Waals surface area contributed by atoms with Crippen molar-refractivity contribution >= 4 is 0 Å². The van der Waals surface area contributed by atoms with E-state index in [1.54, 1.807) is 0 Å². The maximum Gasteiger partial charge on any atom is 0.138 e. The minimum absolute atomic E-state index is 0.256. The molecule has 0 aromatic heterocycles. The van der Waals surface area contributed by atoms with Gasteiger partial charge in [-0.1, -0.05) is 24.3 Å². The predicted molar refractivity (Wildman–Crippen MR) is 71.4 cm³/mol. The molecule has 0 heterocycles.